The minimum absolute atomic E-state index is 0.130. The maximum atomic E-state index is 10.5. The van der Waals surface area contributed by atoms with Crippen LogP contribution in [0.2, 0.25) is 0 Å². The fourth-order valence-corrected chi connectivity index (χ4v) is 4.50. The highest BCUT2D eigenvalue weighted by atomic mass is 16.5. The van der Waals surface area contributed by atoms with E-state index in [1.165, 1.54) is 32.2 Å². The topological polar surface area (TPSA) is 49.8 Å². The van der Waals surface area contributed by atoms with E-state index in [9.17, 15) is 4.79 Å². The number of likely N-dealkylation sites (tertiary alicyclic amines) is 1. The van der Waals surface area contributed by atoms with Crippen molar-refractivity contribution in [1.82, 2.24) is 4.90 Å². The van der Waals surface area contributed by atoms with Crippen molar-refractivity contribution in [1.29, 1.82) is 0 Å². The largest absolute Gasteiger partial charge is 0.481 e. The molecule has 3 atom stereocenters. The van der Waals surface area contributed by atoms with Crippen LogP contribution in [0.3, 0.4) is 0 Å². The van der Waals surface area contributed by atoms with Crippen LogP contribution in [0.25, 0.3) is 0 Å². The highest BCUT2D eigenvalue weighted by Crippen LogP contribution is 2.48. The van der Waals surface area contributed by atoms with Gasteiger partial charge >= 0.3 is 5.97 Å². The number of rotatable bonds is 6. The van der Waals surface area contributed by atoms with Crippen LogP contribution >= 0.6 is 0 Å². The molecule has 1 saturated heterocycles. The molecule has 0 amide bonds. The van der Waals surface area contributed by atoms with E-state index >= 15 is 0 Å². The van der Waals surface area contributed by atoms with Gasteiger partial charge in [-0.25, -0.2) is 0 Å². The lowest BCUT2D eigenvalue weighted by Crippen LogP contribution is -2.40. The predicted molar refractivity (Wildman–Crippen MR) is 76.6 cm³/mol. The van der Waals surface area contributed by atoms with Crippen LogP contribution in [0.1, 0.15) is 44.9 Å². The lowest BCUT2D eigenvalue weighted by molar-refractivity contribution is -0.138. The van der Waals surface area contributed by atoms with Crippen LogP contribution in [-0.2, 0) is 9.53 Å². The summed E-state index contributed by atoms with van der Waals surface area (Å²) in [7, 11) is 0. The molecule has 0 aromatic rings. The molecule has 0 radical (unpaired) electrons. The molecule has 0 spiro atoms. The van der Waals surface area contributed by atoms with Crippen LogP contribution in [-0.4, -0.2) is 48.3 Å². The Balaban J connectivity index is 1.33. The van der Waals surface area contributed by atoms with Gasteiger partial charge in [0.05, 0.1) is 19.1 Å². The molecule has 2 aliphatic carbocycles. The zero-order chi connectivity index (χ0) is 13.9. The molecule has 1 heterocycles. The summed E-state index contributed by atoms with van der Waals surface area (Å²) in [5.74, 6) is 2.25. The van der Waals surface area contributed by atoms with Gasteiger partial charge in [-0.05, 0) is 49.9 Å². The monoisotopic (exact) mass is 281 g/mol. The molecular weight excluding hydrogens is 254 g/mol. The first-order valence-electron chi connectivity index (χ1n) is 8.26. The summed E-state index contributed by atoms with van der Waals surface area (Å²) in [6.45, 7) is 3.92. The van der Waals surface area contributed by atoms with Crippen LogP contribution in [0.15, 0.2) is 0 Å². The summed E-state index contributed by atoms with van der Waals surface area (Å²) < 4.78 is 5.65. The van der Waals surface area contributed by atoms with Crippen LogP contribution < -0.4 is 0 Å². The first kappa shape index (κ1) is 14.3. The first-order valence-corrected chi connectivity index (χ1v) is 8.26. The van der Waals surface area contributed by atoms with E-state index < -0.39 is 5.97 Å². The number of hydrogen-bond donors (Lipinski definition) is 1. The van der Waals surface area contributed by atoms with Gasteiger partial charge < -0.3 is 14.7 Å². The second-order valence-corrected chi connectivity index (χ2v) is 6.95. The fourth-order valence-electron chi connectivity index (χ4n) is 4.50. The van der Waals surface area contributed by atoms with E-state index in [2.05, 4.69) is 4.90 Å². The molecule has 20 heavy (non-hydrogen) atoms. The van der Waals surface area contributed by atoms with Gasteiger partial charge in [0.25, 0.3) is 0 Å². The Morgan fingerprint density at radius 1 is 1.15 bits per heavy atom. The highest BCUT2D eigenvalue weighted by molar-refractivity contribution is 5.66. The van der Waals surface area contributed by atoms with Crippen molar-refractivity contribution in [3.63, 3.8) is 0 Å². The van der Waals surface area contributed by atoms with Gasteiger partial charge in [0, 0.05) is 19.6 Å². The maximum absolute atomic E-state index is 10.5. The van der Waals surface area contributed by atoms with Gasteiger partial charge in [0.1, 0.15) is 0 Å². The maximum Gasteiger partial charge on any atom is 0.305 e. The molecule has 3 fully saturated rings. The Labute approximate surface area is 121 Å². The molecule has 3 rings (SSSR count). The van der Waals surface area contributed by atoms with Gasteiger partial charge in [0.2, 0.25) is 0 Å². The third-order valence-electron chi connectivity index (χ3n) is 5.58. The standard InChI is InChI=1S/C16H27NO3/c18-16(19)5-8-20-15-3-6-17(7-4-15)11-14-10-12-1-2-13(14)9-12/h12-15H,1-11H2,(H,18,19). The van der Waals surface area contributed by atoms with Crippen molar-refractivity contribution in [2.24, 2.45) is 17.8 Å². The summed E-state index contributed by atoms with van der Waals surface area (Å²) in [6.07, 6.45) is 8.49. The summed E-state index contributed by atoms with van der Waals surface area (Å²) in [4.78, 5) is 13.1. The van der Waals surface area contributed by atoms with Gasteiger partial charge in [-0.15, -0.1) is 0 Å². The quantitative estimate of drug-likeness (QED) is 0.812. The van der Waals surface area contributed by atoms with Crippen molar-refractivity contribution in [3.05, 3.63) is 0 Å². The van der Waals surface area contributed by atoms with Crippen molar-refractivity contribution >= 4 is 5.97 Å². The van der Waals surface area contributed by atoms with E-state index in [1.54, 1.807) is 0 Å². The number of ether oxygens (including phenoxy) is 1. The Morgan fingerprint density at radius 3 is 2.55 bits per heavy atom. The number of fused-ring (bicyclic) bond motifs is 2. The second kappa shape index (κ2) is 6.44. The molecule has 2 saturated carbocycles. The number of aliphatic carboxylic acids is 1. The number of hydrogen-bond acceptors (Lipinski definition) is 3. The number of nitrogens with zero attached hydrogens (tertiary/aromatic N) is 1. The van der Waals surface area contributed by atoms with Crippen LogP contribution in [0, 0.1) is 17.8 Å². The smallest absolute Gasteiger partial charge is 0.305 e. The van der Waals surface area contributed by atoms with Crippen molar-refractivity contribution in [2.45, 2.75) is 51.0 Å². The van der Waals surface area contributed by atoms with Gasteiger partial charge in [-0.2, -0.15) is 0 Å². The number of carbonyl (C=O) groups is 1. The molecule has 0 aromatic heterocycles. The normalized spacial score (nSPS) is 34.7. The average Bonchev–Trinajstić information content (AvgIpc) is 3.03. The van der Waals surface area contributed by atoms with Crippen LogP contribution in [0.4, 0.5) is 0 Å². The first-order chi connectivity index (χ1) is 9.70. The van der Waals surface area contributed by atoms with Gasteiger partial charge in [-0.1, -0.05) is 6.42 Å². The molecule has 0 aromatic carbocycles. The lowest BCUT2D eigenvalue weighted by Gasteiger charge is -2.35. The zero-order valence-corrected chi connectivity index (χ0v) is 12.3. The van der Waals surface area contributed by atoms with Gasteiger partial charge in [0.15, 0.2) is 0 Å². The molecule has 3 unspecified atom stereocenters. The Hall–Kier alpha value is -0.610. The van der Waals surface area contributed by atoms with E-state index in [4.69, 9.17) is 9.84 Å². The lowest BCUT2D eigenvalue weighted by atomic mass is 9.88. The molecular formula is C16H27NO3. The molecule has 2 bridgehead atoms. The SMILES string of the molecule is O=C(O)CCOC1CCN(CC2CC3CCC2C3)CC1. The summed E-state index contributed by atoms with van der Waals surface area (Å²) in [5, 5.41) is 8.61. The Kier molecular flexibility index (Phi) is 4.61. The second-order valence-electron chi connectivity index (χ2n) is 6.95. The van der Waals surface area contributed by atoms with Crippen LogP contribution in [0.5, 0.6) is 0 Å². The summed E-state index contributed by atoms with van der Waals surface area (Å²) >= 11 is 0. The van der Waals surface area contributed by atoms with Crippen molar-refractivity contribution in [2.75, 3.05) is 26.2 Å². The Morgan fingerprint density at radius 2 is 1.95 bits per heavy atom. The molecule has 3 aliphatic rings. The van der Waals surface area contributed by atoms with Gasteiger partial charge in [-0.3, -0.25) is 4.79 Å². The zero-order valence-electron chi connectivity index (χ0n) is 12.3. The van der Waals surface area contributed by atoms with E-state index in [1.807, 2.05) is 0 Å². The van der Waals surface area contributed by atoms with E-state index in [0.29, 0.717) is 6.61 Å². The Bertz CT molecular complexity index is 339. The highest BCUT2D eigenvalue weighted by Gasteiger charge is 2.40. The number of carboxylic acid groups (broad SMARTS) is 1. The minimum Gasteiger partial charge on any atom is -0.481 e. The van der Waals surface area contributed by atoms with E-state index in [-0.39, 0.29) is 12.5 Å². The molecule has 1 aliphatic heterocycles. The third kappa shape index (κ3) is 3.53. The summed E-state index contributed by atoms with van der Waals surface area (Å²) in [5.41, 5.74) is 0. The molecule has 4 heteroatoms. The number of carboxylic acids is 1. The van der Waals surface area contributed by atoms with E-state index in [0.717, 1.165) is 43.7 Å². The van der Waals surface area contributed by atoms with Crippen molar-refractivity contribution < 1.29 is 14.6 Å². The average molecular weight is 281 g/mol. The van der Waals surface area contributed by atoms with Crippen molar-refractivity contribution in [3.8, 4) is 0 Å². The summed E-state index contributed by atoms with van der Waals surface area (Å²) in [6, 6.07) is 0. The molecule has 114 valence electrons. The minimum atomic E-state index is -0.765. The molecule has 1 N–H and O–H groups in total. The third-order valence-corrected chi connectivity index (χ3v) is 5.58. The predicted octanol–water partition coefficient (Wildman–Crippen LogP) is 2.38. The fraction of sp³-hybridized carbons (Fsp3) is 0.938. The number of piperidine rings is 1. The molecule has 4 nitrogen and oxygen atoms in total.